The maximum absolute atomic E-state index is 8.90. The second-order valence-electron chi connectivity index (χ2n) is 2.97. The minimum absolute atomic E-state index is 0.00620. The Bertz CT molecular complexity index is 209. The van der Waals surface area contributed by atoms with E-state index in [1.165, 1.54) is 0 Å². The van der Waals surface area contributed by atoms with E-state index in [4.69, 9.17) is 20.1 Å². The highest BCUT2D eigenvalue weighted by atomic mass is 16.6. The zero-order valence-corrected chi connectivity index (χ0v) is 7.46. The lowest BCUT2D eigenvalue weighted by Gasteiger charge is -2.15. The number of aliphatic hydroxyl groups is 1. The number of ether oxygens (including phenoxy) is 2. The lowest BCUT2D eigenvalue weighted by molar-refractivity contribution is -0.0354. The molecule has 0 aliphatic carbocycles. The van der Waals surface area contributed by atoms with E-state index in [9.17, 15) is 0 Å². The molecule has 1 aliphatic heterocycles. The maximum Gasteiger partial charge on any atom is 0.139 e. The number of aliphatic hydroxyl groups excluding tert-OH is 1. The van der Waals surface area contributed by atoms with Crippen LogP contribution in [0.5, 0.6) is 0 Å². The van der Waals surface area contributed by atoms with Crippen molar-refractivity contribution in [3.63, 3.8) is 0 Å². The van der Waals surface area contributed by atoms with E-state index >= 15 is 0 Å². The quantitative estimate of drug-likeness (QED) is 0.274. The van der Waals surface area contributed by atoms with Crippen molar-refractivity contribution < 1.29 is 14.6 Å². The van der Waals surface area contributed by atoms with Gasteiger partial charge in [0.15, 0.2) is 0 Å². The van der Waals surface area contributed by atoms with Gasteiger partial charge in [-0.2, -0.15) is 0 Å². The third-order valence-electron chi connectivity index (χ3n) is 1.98. The van der Waals surface area contributed by atoms with Crippen molar-refractivity contribution in [2.24, 2.45) is 5.11 Å². The molecule has 0 saturated carbocycles. The van der Waals surface area contributed by atoms with E-state index in [1.54, 1.807) is 0 Å². The molecule has 1 fully saturated rings. The summed E-state index contributed by atoms with van der Waals surface area (Å²) in [6, 6.07) is 0.0909. The molecule has 0 amide bonds. The van der Waals surface area contributed by atoms with E-state index in [2.05, 4.69) is 10.0 Å². The van der Waals surface area contributed by atoms with Crippen LogP contribution in [0.3, 0.4) is 0 Å². The second kappa shape index (κ2) is 5.09. The van der Waals surface area contributed by atoms with Crippen LogP contribution >= 0.6 is 0 Å². The SMILES string of the molecule is B[C@H]1C[C@@H](OCN=[N+]=[N-])[C@@H](CO)O1. The fourth-order valence-electron chi connectivity index (χ4n) is 1.41. The average Bonchev–Trinajstić information content (AvgIpc) is 2.47. The molecule has 0 bridgehead atoms. The predicted octanol–water partition coefficient (Wildman–Crippen LogP) is -0.620. The van der Waals surface area contributed by atoms with Crippen molar-refractivity contribution in [2.75, 3.05) is 13.3 Å². The van der Waals surface area contributed by atoms with Gasteiger partial charge in [-0.25, -0.2) is 0 Å². The Morgan fingerprint density at radius 3 is 3.15 bits per heavy atom. The molecule has 1 saturated heterocycles. The number of hydrogen-bond acceptors (Lipinski definition) is 4. The largest absolute Gasteiger partial charge is 0.394 e. The van der Waals surface area contributed by atoms with Gasteiger partial charge in [-0.05, 0) is 12.0 Å². The molecule has 1 aliphatic rings. The van der Waals surface area contributed by atoms with Crippen LogP contribution in [0.4, 0.5) is 0 Å². The van der Waals surface area contributed by atoms with Gasteiger partial charge >= 0.3 is 0 Å². The Balaban J connectivity index is 2.34. The molecule has 0 unspecified atom stereocenters. The van der Waals surface area contributed by atoms with Gasteiger partial charge in [0, 0.05) is 10.9 Å². The van der Waals surface area contributed by atoms with E-state index < -0.39 is 0 Å². The highest BCUT2D eigenvalue weighted by molar-refractivity contribution is 6.11. The monoisotopic (exact) mass is 185 g/mol. The Hall–Kier alpha value is -0.745. The van der Waals surface area contributed by atoms with Crippen LogP contribution < -0.4 is 0 Å². The normalized spacial score (nSPS) is 32.8. The Labute approximate surface area is 76.9 Å². The molecule has 1 N–H and O–H groups in total. The van der Waals surface area contributed by atoms with Crippen LogP contribution in [0.15, 0.2) is 5.11 Å². The first-order valence-electron chi connectivity index (χ1n) is 4.16. The molecule has 0 radical (unpaired) electrons. The highest BCUT2D eigenvalue weighted by Crippen LogP contribution is 2.20. The van der Waals surface area contributed by atoms with Crippen molar-refractivity contribution in [2.45, 2.75) is 24.6 Å². The molecule has 6 nitrogen and oxygen atoms in total. The van der Waals surface area contributed by atoms with Crippen LogP contribution in [0.25, 0.3) is 10.4 Å². The van der Waals surface area contributed by atoms with Gasteiger partial charge in [-0.1, -0.05) is 5.11 Å². The van der Waals surface area contributed by atoms with Crippen molar-refractivity contribution in [1.82, 2.24) is 0 Å². The first kappa shape index (κ1) is 10.3. The Kier molecular flexibility index (Phi) is 4.04. The van der Waals surface area contributed by atoms with Gasteiger partial charge in [0.1, 0.15) is 20.7 Å². The number of rotatable bonds is 4. The number of azide groups is 1. The van der Waals surface area contributed by atoms with Gasteiger partial charge in [0.25, 0.3) is 0 Å². The average molecular weight is 185 g/mol. The van der Waals surface area contributed by atoms with Crippen molar-refractivity contribution in [3.8, 4) is 0 Å². The molecular formula is C6H12BN3O3. The standard InChI is InChI=1S/C6H12BN3O3/c7-6-1-4(5(2-11)13-6)12-3-9-10-8/h4-6,11H,1-3,7H2/t4-,5-,6-/m1/s1. The fraction of sp³-hybridized carbons (Fsp3) is 1.00. The first-order chi connectivity index (χ1) is 6.27. The summed E-state index contributed by atoms with van der Waals surface area (Å²) in [5.41, 5.74) is 8.01. The molecule has 7 heteroatoms. The summed E-state index contributed by atoms with van der Waals surface area (Å²) in [5, 5.41) is 12.2. The predicted molar refractivity (Wildman–Crippen MR) is 47.8 cm³/mol. The first-order valence-corrected chi connectivity index (χ1v) is 4.16. The topological polar surface area (TPSA) is 87.5 Å². The summed E-state index contributed by atoms with van der Waals surface area (Å²) in [6.45, 7) is -0.0704. The third-order valence-corrected chi connectivity index (χ3v) is 1.98. The lowest BCUT2D eigenvalue weighted by atomic mass is 9.96. The molecule has 1 heterocycles. The zero-order valence-electron chi connectivity index (χ0n) is 7.46. The molecule has 0 aromatic heterocycles. The van der Waals surface area contributed by atoms with Crippen LogP contribution in [0.2, 0.25) is 0 Å². The van der Waals surface area contributed by atoms with Crippen molar-refractivity contribution in [1.29, 1.82) is 0 Å². The molecule has 1 rings (SSSR count). The fourth-order valence-corrected chi connectivity index (χ4v) is 1.41. The molecule has 0 aromatic rings. The molecule has 0 aromatic carbocycles. The highest BCUT2D eigenvalue weighted by Gasteiger charge is 2.32. The molecule has 3 atom stereocenters. The van der Waals surface area contributed by atoms with Crippen LogP contribution in [-0.4, -0.2) is 44.5 Å². The minimum atomic E-state index is -0.288. The van der Waals surface area contributed by atoms with Gasteiger partial charge < -0.3 is 14.6 Å². The molecular weight excluding hydrogens is 173 g/mol. The van der Waals surface area contributed by atoms with Crippen molar-refractivity contribution in [3.05, 3.63) is 10.4 Å². The van der Waals surface area contributed by atoms with Gasteiger partial charge in [0.2, 0.25) is 0 Å². The van der Waals surface area contributed by atoms with Gasteiger partial charge in [0.05, 0.1) is 12.7 Å². The summed E-state index contributed by atoms with van der Waals surface area (Å²) >= 11 is 0. The number of nitrogens with zero attached hydrogens (tertiary/aromatic N) is 3. The summed E-state index contributed by atoms with van der Waals surface area (Å²) in [6.07, 6.45) is 0.279. The minimum Gasteiger partial charge on any atom is -0.394 e. The Morgan fingerprint density at radius 2 is 2.54 bits per heavy atom. The smallest absolute Gasteiger partial charge is 0.139 e. The molecule has 0 spiro atoms. The van der Waals surface area contributed by atoms with E-state index in [-0.39, 0.29) is 31.5 Å². The molecule has 13 heavy (non-hydrogen) atoms. The molecule has 72 valence electrons. The van der Waals surface area contributed by atoms with Crippen LogP contribution in [0, 0.1) is 0 Å². The van der Waals surface area contributed by atoms with E-state index in [0.29, 0.717) is 0 Å². The van der Waals surface area contributed by atoms with Gasteiger partial charge in [-0.3, -0.25) is 0 Å². The lowest BCUT2D eigenvalue weighted by Crippen LogP contribution is -2.27. The second-order valence-corrected chi connectivity index (χ2v) is 2.97. The van der Waals surface area contributed by atoms with Crippen LogP contribution in [-0.2, 0) is 9.47 Å². The zero-order chi connectivity index (χ0) is 9.68. The van der Waals surface area contributed by atoms with E-state index in [1.807, 2.05) is 7.85 Å². The summed E-state index contributed by atoms with van der Waals surface area (Å²) < 4.78 is 10.6. The maximum atomic E-state index is 8.90. The third kappa shape index (κ3) is 2.89. The Morgan fingerprint density at radius 1 is 1.77 bits per heavy atom. The summed E-state index contributed by atoms with van der Waals surface area (Å²) in [5.74, 6) is 0. The van der Waals surface area contributed by atoms with Crippen molar-refractivity contribution >= 4 is 7.85 Å². The van der Waals surface area contributed by atoms with Crippen LogP contribution in [0.1, 0.15) is 6.42 Å². The summed E-state index contributed by atoms with van der Waals surface area (Å²) in [4.78, 5) is 2.56. The number of hydrogen-bond donors (Lipinski definition) is 1. The van der Waals surface area contributed by atoms with Gasteiger partial charge in [-0.15, -0.1) is 0 Å². The summed E-state index contributed by atoms with van der Waals surface area (Å²) in [7, 11) is 1.92. The van der Waals surface area contributed by atoms with E-state index in [0.717, 1.165) is 6.42 Å².